The zero-order valence-corrected chi connectivity index (χ0v) is 25.2. The lowest BCUT2D eigenvalue weighted by molar-refractivity contribution is -0.112. The molecule has 6 unspecified atom stereocenters. The van der Waals surface area contributed by atoms with Crippen LogP contribution in [-0.4, -0.2) is 65.7 Å². The summed E-state index contributed by atoms with van der Waals surface area (Å²) >= 11 is 3.83. The molecule has 14 bridgehead atoms. The molecule has 0 fully saturated rings. The fourth-order valence-electron chi connectivity index (χ4n) is 7.36. The highest BCUT2D eigenvalue weighted by atomic mass is 32.2. The van der Waals surface area contributed by atoms with E-state index in [1.165, 1.54) is 35.3 Å². The number of aromatic amines is 2. The summed E-state index contributed by atoms with van der Waals surface area (Å²) in [6, 6.07) is 3.66. The highest BCUT2D eigenvalue weighted by Crippen LogP contribution is 2.54. The maximum atomic E-state index is 13.1. The van der Waals surface area contributed by atoms with E-state index in [0.717, 1.165) is 33.4 Å². The van der Waals surface area contributed by atoms with E-state index in [0.29, 0.717) is 45.9 Å². The third kappa shape index (κ3) is 3.23. The molecule has 0 aromatic carbocycles. The number of nitrogens with one attached hydrogen (secondary N) is 2. The lowest BCUT2D eigenvalue weighted by Gasteiger charge is -2.30. The predicted octanol–water partition coefficient (Wildman–Crippen LogP) is 4.34. The summed E-state index contributed by atoms with van der Waals surface area (Å²) in [5, 5.41) is -0.516. The molecule has 6 atom stereocenters. The van der Waals surface area contributed by atoms with Crippen LogP contribution in [0.5, 0.6) is 0 Å². The van der Waals surface area contributed by atoms with Crippen molar-refractivity contribution in [2.75, 3.05) is 0 Å². The molecule has 11 nitrogen and oxygen atoms in total. The SMILES string of the molecule is O=C1SC2C=CC1C1=C2c2nc1nc1nc(nc3[nH]c(nc4ccc(n2)[nH]4)c2c3C3C=CC2C(=O)S3)C2=C1C1C=CC2C(=O)S1. The molecule has 2 N–H and O–H groups in total. The largest absolute Gasteiger partial charge is 0.325 e. The van der Waals surface area contributed by atoms with Crippen molar-refractivity contribution in [1.29, 1.82) is 0 Å². The molecular weight excluding hydrogens is 629 g/mol. The third-order valence-corrected chi connectivity index (χ3v) is 12.7. The summed E-state index contributed by atoms with van der Waals surface area (Å²) in [5.74, 6) is 0.315. The van der Waals surface area contributed by atoms with Gasteiger partial charge in [0.05, 0.1) is 33.5 Å². The predicted molar refractivity (Wildman–Crippen MR) is 171 cm³/mol. The van der Waals surface area contributed by atoms with Crippen LogP contribution in [0, 0.1) is 11.8 Å². The second kappa shape index (κ2) is 8.44. The lowest BCUT2D eigenvalue weighted by atomic mass is 9.87. The first kappa shape index (κ1) is 24.9. The summed E-state index contributed by atoms with van der Waals surface area (Å²) in [5.41, 5.74) is 7.12. The molecule has 0 saturated carbocycles. The van der Waals surface area contributed by atoms with E-state index < -0.39 is 17.8 Å². The zero-order chi connectivity index (χ0) is 29.7. The van der Waals surface area contributed by atoms with Crippen LogP contribution in [0.3, 0.4) is 0 Å². The van der Waals surface area contributed by atoms with Crippen molar-refractivity contribution in [3.8, 4) is 0 Å². The Morgan fingerprint density at radius 1 is 0.467 bits per heavy atom. The molecule has 0 radical (unpaired) electrons. The fourth-order valence-corrected chi connectivity index (χ4v) is 10.7. The monoisotopic (exact) mass is 644 g/mol. The Balaban J connectivity index is 1.27. The Kier molecular flexibility index (Phi) is 4.67. The van der Waals surface area contributed by atoms with E-state index >= 15 is 0 Å². The number of rotatable bonds is 0. The number of nitrogens with zero attached hydrogens (tertiary/aromatic N) is 6. The van der Waals surface area contributed by atoms with Crippen molar-refractivity contribution in [3.05, 3.63) is 83.0 Å². The number of carbonyl (C=O) groups excluding carboxylic acids is 3. The molecule has 3 aliphatic carbocycles. The lowest BCUT2D eigenvalue weighted by Crippen LogP contribution is -2.27. The van der Waals surface area contributed by atoms with Gasteiger partial charge in [-0.1, -0.05) is 71.7 Å². The summed E-state index contributed by atoms with van der Waals surface area (Å²) in [6.45, 7) is 0. The van der Waals surface area contributed by atoms with Crippen LogP contribution in [0.4, 0.5) is 0 Å². The first-order valence-corrected chi connectivity index (χ1v) is 17.0. The van der Waals surface area contributed by atoms with E-state index in [2.05, 4.69) is 9.97 Å². The Morgan fingerprint density at radius 3 is 1.60 bits per heavy atom. The molecule has 45 heavy (non-hydrogen) atoms. The Hall–Kier alpha value is -4.40. The van der Waals surface area contributed by atoms with Crippen LogP contribution >= 0.6 is 35.3 Å². The molecule has 3 aromatic heterocycles. The molecule has 8 aliphatic heterocycles. The molecule has 0 spiro atoms. The van der Waals surface area contributed by atoms with Crippen LogP contribution in [-0.2, 0) is 14.4 Å². The van der Waals surface area contributed by atoms with Gasteiger partial charge in [0.25, 0.3) is 0 Å². The Labute approximate surface area is 265 Å². The fraction of sp³-hybridized carbons (Fsp3) is 0.194. The van der Waals surface area contributed by atoms with Crippen LogP contribution in [0.2, 0.25) is 0 Å². The Bertz CT molecular complexity index is 2380. The highest BCUT2D eigenvalue weighted by molar-refractivity contribution is 8.15. The van der Waals surface area contributed by atoms with Gasteiger partial charge in [-0.25, -0.2) is 29.9 Å². The molecule has 14 heteroatoms. The number of carbonyl (C=O) groups is 3. The Morgan fingerprint density at radius 2 is 0.956 bits per heavy atom. The van der Waals surface area contributed by atoms with Gasteiger partial charge in [0, 0.05) is 33.4 Å². The van der Waals surface area contributed by atoms with Crippen molar-refractivity contribution in [2.24, 2.45) is 11.8 Å². The van der Waals surface area contributed by atoms with Gasteiger partial charge >= 0.3 is 0 Å². The molecule has 14 rings (SSSR count). The standard InChI is InChI=1S/C31H16N8O3S3/c40-29-9-1-5-13(44-29)21-17(9)23-33-15-7-8-16(32-15)34-26-20-12-4-2-10(30(41)43-12)18(20)24(36-26)37-28-22-14-6-3-11(31(42)45-14)19(22)25(39-28)38-27(21)35-23/h1-14H,(H2,32,33,34,35,36,37,38,39). The van der Waals surface area contributed by atoms with Crippen molar-refractivity contribution in [3.63, 3.8) is 0 Å². The van der Waals surface area contributed by atoms with Gasteiger partial charge in [0.2, 0.25) is 15.3 Å². The first-order valence-electron chi connectivity index (χ1n) is 14.4. The van der Waals surface area contributed by atoms with Crippen LogP contribution in [0.1, 0.15) is 45.6 Å². The number of hydrogen-bond donors (Lipinski definition) is 2. The molecular formula is C31H16N8O3S3. The minimum absolute atomic E-state index is 0.0425. The summed E-state index contributed by atoms with van der Waals surface area (Å²) in [6.07, 6.45) is 11.9. The van der Waals surface area contributed by atoms with Gasteiger partial charge in [0.15, 0.2) is 23.3 Å². The summed E-state index contributed by atoms with van der Waals surface area (Å²) in [7, 11) is 0. The maximum absolute atomic E-state index is 13.1. The van der Waals surface area contributed by atoms with Gasteiger partial charge in [-0.2, -0.15) is 0 Å². The van der Waals surface area contributed by atoms with Crippen LogP contribution < -0.4 is 0 Å². The number of H-pyrrole nitrogens is 2. The molecule has 216 valence electrons. The van der Waals surface area contributed by atoms with Crippen molar-refractivity contribution < 1.29 is 14.4 Å². The molecule has 3 aromatic rings. The van der Waals surface area contributed by atoms with E-state index in [1.807, 2.05) is 48.6 Å². The second-order valence-electron chi connectivity index (χ2n) is 11.7. The average molecular weight is 645 g/mol. The third-order valence-electron chi connectivity index (χ3n) is 9.26. The number of fused-ring (bicyclic) bond motifs is 11. The quantitative estimate of drug-likeness (QED) is 0.334. The normalized spacial score (nSPS) is 29.6. The number of aromatic nitrogens is 8. The maximum Gasteiger partial charge on any atom is 0.201 e. The van der Waals surface area contributed by atoms with Gasteiger partial charge < -0.3 is 9.97 Å². The summed E-state index contributed by atoms with van der Waals surface area (Å²) < 4.78 is 0. The van der Waals surface area contributed by atoms with Crippen molar-refractivity contribution >= 4 is 95.5 Å². The van der Waals surface area contributed by atoms with Crippen molar-refractivity contribution in [2.45, 2.75) is 21.7 Å². The second-order valence-corrected chi connectivity index (χ2v) is 15.1. The smallest absolute Gasteiger partial charge is 0.201 e. The number of allylic oxidation sites excluding steroid dienone is 5. The van der Waals surface area contributed by atoms with Crippen molar-refractivity contribution in [1.82, 2.24) is 39.9 Å². The molecule has 11 aliphatic rings. The highest BCUT2D eigenvalue weighted by Gasteiger charge is 2.47. The van der Waals surface area contributed by atoms with Gasteiger partial charge in [-0.05, 0) is 12.1 Å². The molecule has 0 amide bonds. The van der Waals surface area contributed by atoms with E-state index in [1.54, 1.807) is 0 Å². The van der Waals surface area contributed by atoms with Crippen LogP contribution in [0.25, 0.3) is 44.9 Å². The van der Waals surface area contributed by atoms with Gasteiger partial charge in [-0.3, -0.25) is 14.4 Å². The van der Waals surface area contributed by atoms with E-state index in [4.69, 9.17) is 29.9 Å². The minimum atomic E-state index is -0.504. The molecule has 11 heterocycles. The molecule has 0 saturated heterocycles. The average Bonchev–Trinajstić information content (AvgIpc) is 3.81. The number of hydrogen-bond acceptors (Lipinski definition) is 12. The van der Waals surface area contributed by atoms with E-state index in [9.17, 15) is 14.4 Å². The van der Waals surface area contributed by atoms with Crippen LogP contribution in [0.15, 0.2) is 48.6 Å². The number of thioether (sulfide) groups is 3. The first-order chi connectivity index (χ1) is 22.0. The minimum Gasteiger partial charge on any atom is -0.325 e. The summed E-state index contributed by atoms with van der Waals surface area (Å²) in [4.78, 5) is 75.6. The van der Waals surface area contributed by atoms with Gasteiger partial charge in [0.1, 0.15) is 22.6 Å². The van der Waals surface area contributed by atoms with E-state index in [-0.39, 0.29) is 31.1 Å². The van der Waals surface area contributed by atoms with Gasteiger partial charge in [-0.15, -0.1) is 0 Å². The zero-order valence-electron chi connectivity index (χ0n) is 22.7. The topological polar surface area (TPSA) is 160 Å².